The number of aldehydes is 2. The number of fused-ring (bicyclic) bond motifs is 2. The lowest BCUT2D eigenvalue weighted by atomic mass is 9.99. The molecule has 278 valence electrons. The van der Waals surface area contributed by atoms with Crippen LogP contribution in [0.15, 0.2) is 41.3 Å². The third-order valence-corrected chi connectivity index (χ3v) is 11.8. The molecule has 2 atom stereocenters. The molecule has 1 N–H and O–H groups in total. The third kappa shape index (κ3) is 8.38. The highest BCUT2D eigenvalue weighted by Crippen LogP contribution is 2.31. The first kappa shape index (κ1) is 37.6. The van der Waals surface area contributed by atoms with Crippen LogP contribution in [0.1, 0.15) is 96.5 Å². The number of piperidine rings is 1. The fourth-order valence-electron chi connectivity index (χ4n) is 7.47. The standard InChI is InChI=1S/C37H47N7O7S/c1-41(18-7-23-51-22-6-9-26-8-4-13-31-33(26)36(49)44(35(31)48)30(25-46)12-5-21-45)52(50)42-19-16-28(17-20-42)39-37-38-24-27-14-15-32(47)43(34(27)40-37)29-10-2-3-11-29/h4,8,13-15,21,24-25,28-30H,2-3,5-7,9-12,16-20,22-23H2,1H3,(H,38,39,40). The van der Waals surface area contributed by atoms with Gasteiger partial charge in [-0.1, -0.05) is 25.0 Å². The molecule has 2 aliphatic heterocycles. The molecule has 15 heteroatoms. The van der Waals surface area contributed by atoms with E-state index in [9.17, 15) is 28.2 Å². The number of nitrogens with zero attached hydrogens (tertiary/aromatic N) is 6. The number of carbonyl (C=O) groups is 4. The number of pyridine rings is 1. The number of anilines is 1. The predicted octanol–water partition coefficient (Wildman–Crippen LogP) is 3.48. The van der Waals surface area contributed by atoms with Crippen LogP contribution in [0.3, 0.4) is 0 Å². The molecule has 3 aromatic rings. The summed E-state index contributed by atoms with van der Waals surface area (Å²) in [7, 11) is 1.85. The van der Waals surface area contributed by atoms with Gasteiger partial charge in [-0.3, -0.25) is 23.9 Å². The molecule has 4 heterocycles. The fraction of sp³-hybridized carbons (Fsp3) is 0.541. The van der Waals surface area contributed by atoms with E-state index in [0.29, 0.717) is 81.8 Å². The Balaban J connectivity index is 0.901. The van der Waals surface area contributed by atoms with E-state index in [1.807, 2.05) is 26.3 Å². The molecule has 52 heavy (non-hydrogen) atoms. The molecule has 1 aromatic carbocycles. The van der Waals surface area contributed by atoms with Crippen LogP contribution in [0.5, 0.6) is 0 Å². The number of aryl methyl sites for hydroxylation is 1. The van der Waals surface area contributed by atoms with E-state index in [-0.39, 0.29) is 36.0 Å². The number of ether oxygens (including phenoxy) is 1. The van der Waals surface area contributed by atoms with Gasteiger partial charge in [-0.2, -0.15) is 4.98 Å². The Labute approximate surface area is 305 Å². The minimum absolute atomic E-state index is 0.0205. The van der Waals surface area contributed by atoms with E-state index in [2.05, 4.69) is 10.3 Å². The summed E-state index contributed by atoms with van der Waals surface area (Å²) in [5, 5.41) is 4.30. The number of benzene rings is 1. The summed E-state index contributed by atoms with van der Waals surface area (Å²) in [5.74, 6) is -0.492. The monoisotopic (exact) mass is 733 g/mol. The first-order chi connectivity index (χ1) is 25.3. The molecular formula is C37H47N7O7S. The van der Waals surface area contributed by atoms with Gasteiger partial charge in [0, 0.05) is 76.0 Å². The Morgan fingerprint density at radius 2 is 1.79 bits per heavy atom. The Bertz CT molecular complexity index is 1860. The van der Waals surface area contributed by atoms with Gasteiger partial charge >= 0.3 is 0 Å². The molecule has 0 bridgehead atoms. The van der Waals surface area contributed by atoms with E-state index in [1.165, 1.54) is 0 Å². The number of imide groups is 1. The van der Waals surface area contributed by atoms with Crippen molar-refractivity contribution in [2.24, 2.45) is 0 Å². The van der Waals surface area contributed by atoms with Crippen LogP contribution in [-0.4, -0.2) is 109 Å². The second-order valence-corrected chi connectivity index (χ2v) is 15.3. The van der Waals surface area contributed by atoms with Crippen molar-refractivity contribution in [1.29, 1.82) is 0 Å². The summed E-state index contributed by atoms with van der Waals surface area (Å²) in [6.45, 7) is 2.87. The molecule has 6 rings (SSSR count). The van der Waals surface area contributed by atoms with Gasteiger partial charge in [0.25, 0.3) is 17.4 Å². The second-order valence-electron chi connectivity index (χ2n) is 13.7. The quantitative estimate of drug-likeness (QED) is 0.116. The van der Waals surface area contributed by atoms with Gasteiger partial charge < -0.3 is 19.6 Å². The maximum atomic E-state index is 13.3. The van der Waals surface area contributed by atoms with Crippen LogP contribution in [0, 0.1) is 0 Å². The topological polar surface area (TPSA) is 164 Å². The first-order valence-corrected chi connectivity index (χ1v) is 19.4. The van der Waals surface area contributed by atoms with Crippen molar-refractivity contribution < 1.29 is 28.1 Å². The van der Waals surface area contributed by atoms with Crippen molar-refractivity contribution in [2.45, 2.75) is 88.8 Å². The summed E-state index contributed by atoms with van der Waals surface area (Å²) in [5.41, 5.74) is 1.99. The minimum Gasteiger partial charge on any atom is -0.381 e. The Kier molecular flexibility index (Phi) is 12.7. The van der Waals surface area contributed by atoms with Crippen molar-refractivity contribution in [1.82, 2.24) is 28.0 Å². The lowest BCUT2D eigenvalue weighted by molar-refractivity contribution is -0.112. The molecule has 2 aromatic heterocycles. The molecule has 14 nitrogen and oxygen atoms in total. The van der Waals surface area contributed by atoms with Gasteiger partial charge in [0.1, 0.15) is 18.2 Å². The lowest BCUT2D eigenvalue weighted by Crippen LogP contribution is -2.44. The molecule has 2 unspecified atom stereocenters. The molecule has 1 aliphatic carbocycles. The van der Waals surface area contributed by atoms with E-state index >= 15 is 0 Å². The zero-order valence-corrected chi connectivity index (χ0v) is 30.4. The van der Waals surface area contributed by atoms with Crippen LogP contribution < -0.4 is 10.9 Å². The van der Waals surface area contributed by atoms with E-state index in [4.69, 9.17) is 9.72 Å². The maximum absolute atomic E-state index is 13.3. The molecule has 0 radical (unpaired) electrons. The van der Waals surface area contributed by atoms with E-state index in [0.717, 1.165) is 54.4 Å². The fourth-order valence-corrected chi connectivity index (χ4v) is 8.68. The number of rotatable bonds is 18. The van der Waals surface area contributed by atoms with Crippen LogP contribution in [0.25, 0.3) is 11.0 Å². The summed E-state index contributed by atoms with van der Waals surface area (Å²) in [6, 6.07) is 7.88. The molecule has 3 aliphatic rings. The summed E-state index contributed by atoms with van der Waals surface area (Å²) >= 11 is -1.28. The SMILES string of the molecule is CN(CCCOCCCc1cccc2c1C(=O)N(C(C=O)CCC=O)C2=O)S(=O)N1CCC(Nc2ncc3ccc(=O)n(C4CCCC4)c3n2)CC1. The highest BCUT2D eigenvalue weighted by Gasteiger charge is 2.41. The molecule has 2 fully saturated rings. The largest absolute Gasteiger partial charge is 0.381 e. The third-order valence-electron chi connectivity index (χ3n) is 10.2. The van der Waals surface area contributed by atoms with Crippen molar-refractivity contribution in [3.8, 4) is 0 Å². The first-order valence-electron chi connectivity index (χ1n) is 18.3. The second kappa shape index (κ2) is 17.6. The maximum Gasteiger partial charge on any atom is 0.262 e. The Morgan fingerprint density at radius 3 is 2.54 bits per heavy atom. The van der Waals surface area contributed by atoms with Gasteiger partial charge in [0.2, 0.25) is 5.95 Å². The lowest BCUT2D eigenvalue weighted by Gasteiger charge is -2.33. The number of hydrogen-bond donors (Lipinski definition) is 1. The number of hydrogen-bond acceptors (Lipinski definition) is 10. The highest BCUT2D eigenvalue weighted by atomic mass is 32.2. The zero-order valence-electron chi connectivity index (χ0n) is 29.6. The van der Waals surface area contributed by atoms with Gasteiger partial charge in [0.15, 0.2) is 11.2 Å². The number of carbonyl (C=O) groups excluding carboxylic acids is 4. The van der Waals surface area contributed by atoms with Crippen LogP contribution >= 0.6 is 0 Å². The van der Waals surface area contributed by atoms with Gasteiger partial charge in [-0.05, 0) is 69.1 Å². The van der Waals surface area contributed by atoms with Gasteiger partial charge in [-0.15, -0.1) is 0 Å². The van der Waals surface area contributed by atoms with Crippen molar-refractivity contribution in [2.75, 3.05) is 45.2 Å². The molecular weight excluding hydrogens is 687 g/mol. The average molecular weight is 734 g/mol. The average Bonchev–Trinajstić information content (AvgIpc) is 3.78. The van der Waals surface area contributed by atoms with Gasteiger partial charge in [-0.25, -0.2) is 17.8 Å². The zero-order chi connectivity index (χ0) is 36.6. The van der Waals surface area contributed by atoms with Gasteiger partial charge in [0.05, 0.1) is 17.2 Å². The smallest absolute Gasteiger partial charge is 0.262 e. The molecule has 2 amide bonds. The number of amides is 2. The van der Waals surface area contributed by atoms with Crippen LogP contribution in [0.4, 0.5) is 5.95 Å². The predicted molar refractivity (Wildman–Crippen MR) is 196 cm³/mol. The molecule has 1 saturated heterocycles. The summed E-state index contributed by atoms with van der Waals surface area (Å²) < 4.78 is 24.7. The Hall–Kier alpha value is -4.18. The van der Waals surface area contributed by atoms with Crippen LogP contribution in [0.2, 0.25) is 0 Å². The normalized spacial score (nSPS) is 18.3. The molecule has 0 spiro atoms. The van der Waals surface area contributed by atoms with Crippen molar-refractivity contribution in [3.63, 3.8) is 0 Å². The van der Waals surface area contributed by atoms with E-state index in [1.54, 1.807) is 30.5 Å². The summed E-state index contributed by atoms with van der Waals surface area (Å²) in [6.07, 6.45) is 10.8. The van der Waals surface area contributed by atoms with Crippen molar-refractivity contribution in [3.05, 3.63) is 63.6 Å². The van der Waals surface area contributed by atoms with Crippen LogP contribution in [-0.2, 0) is 31.9 Å². The molecule has 1 saturated carbocycles. The summed E-state index contributed by atoms with van der Waals surface area (Å²) in [4.78, 5) is 71.5. The van der Waals surface area contributed by atoms with Crippen molar-refractivity contribution >= 4 is 52.5 Å². The van der Waals surface area contributed by atoms with E-state index < -0.39 is 29.0 Å². The number of aromatic nitrogens is 3. The number of nitrogens with one attached hydrogen (secondary N) is 1. The highest BCUT2D eigenvalue weighted by molar-refractivity contribution is 7.80. The Morgan fingerprint density at radius 1 is 1.02 bits per heavy atom. The minimum atomic E-state index is -1.28.